The normalized spacial score (nSPS) is 12.3. The average Bonchev–Trinajstić information content (AvgIpc) is 2.42. The molecule has 0 aromatic heterocycles. The van der Waals surface area contributed by atoms with E-state index in [1.165, 1.54) is 38.5 Å². The lowest BCUT2D eigenvalue weighted by molar-refractivity contribution is 0.269. The van der Waals surface area contributed by atoms with E-state index in [0.717, 1.165) is 19.3 Å². The van der Waals surface area contributed by atoms with Gasteiger partial charge in [0.25, 0.3) is 0 Å². The van der Waals surface area contributed by atoms with Crippen molar-refractivity contribution < 1.29 is 13.5 Å². The first-order valence-electron chi connectivity index (χ1n) is 7.92. The standard InChI is InChI=1S/C15H31NO3S/c1-3-4-5-6-7-8-9-10-11-14(12-13-17)15(16-2)20(18)19/h14,16-17H,3-13H2,1-2H3. The molecule has 0 aliphatic heterocycles. The summed E-state index contributed by atoms with van der Waals surface area (Å²) < 4.78 is 22.2. The Balaban J connectivity index is 3.91. The van der Waals surface area contributed by atoms with Crippen LogP contribution in [0.1, 0.15) is 71.1 Å². The number of hydrogen-bond donors (Lipinski definition) is 2. The molecule has 0 saturated heterocycles. The van der Waals surface area contributed by atoms with E-state index in [2.05, 4.69) is 12.2 Å². The number of hydrogen-bond acceptors (Lipinski definition) is 3. The van der Waals surface area contributed by atoms with E-state index in [-0.39, 0.29) is 12.5 Å². The van der Waals surface area contributed by atoms with Crippen LogP contribution in [-0.4, -0.2) is 32.2 Å². The minimum absolute atomic E-state index is 0.0318. The second-order valence-electron chi connectivity index (χ2n) is 5.32. The third-order valence-electron chi connectivity index (χ3n) is 3.68. The van der Waals surface area contributed by atoms with E-state index < -0.39 is 10.3 Å². The van der Waals surface area contributed by atoms with Crippen LogP contribution in [0.3, 0.4) is 0 Å². The molecule has 0 rings (SSSR count). The summed E-state index contributed by atoms with van der Waals surface area (Å²) in [4.78, 5) is 0.335. The topological polar surface area (TPSA) is 66.4 Å². The minimum Gasteiger partial charge on any atom is -0.396 e. The quantitative estimate of drug-likeness (QED) is 0.430. The molecule has 4 nitrogen and oxygen atoms in total. The zero-order chi connectivity index (χ0) is 15.2. The van der Waals surface area contributed by atoms with Gasteiger partial charge in [-0.2, -0.15) is 8.42 Å². The van der Waals surface area contributed by atoms with E-state index in [9.17, 15) is 8.42 Å². The van der Waals surface area contributed by atoms with Crippen molar-refractivity contribution in [2.75, 3.05) is 13.7 Å². The van der Waals surface area contributed by atoms with E-state index in [0.29, 0.717) is 11.4 Å². The van der Waals surface area contributed by atoms with Crippen LogP contribution >= 0.6 is 0 Å². The van der Waals surface area contributed by atoms with E-state index in [4.69, 9.17) is 5.11 Å². The van der Waals surface area contributed by atoms with Crippen LogP contribution in [0.5, 0.6) is 0 Å². The lowest BCUT2D eigenvalue weighted by Crippen LogP contribution is -2.29. The van der Waals surface area contributed by atoms with E-state index in [1.807, 2.05) is 0 Å². The maximum absolute atomic E-state index is 11.1. The summed E-state index contributed by atoms with van der Waals surface area (Å²) in [5.74, 6) is -0.0663. The van der Waals surface area contributed by atoms with Crippen LogP contribution in [0.4, 0.5) is 0 Å². The van der Waals surface area contributed by atoms with E-state index in [1.54, 1.807) is 7.05 Å². The molecule has 0 radical (unpaired) electrons. The van der Waals surface area contributed by atoms with Gasteiger partial charge in [0.05, 0.1) is 0 Å². The highest BCUT2D eigenvalue weighted by atomic mass is 32.2. The van der Waals surface area contributed by atoms with Crippen molar-refractivity contribution in [1.82, 2.24) is 5.32 Å². The molecule has 0 bridgehead atoms. The van der Waals surface area contributed by atoms with Crippen LogP contribution in [0.2, 0.25) is 0 Å². The third-order valence-corrected chi connectivity index (χ3v) is 4.58. The molecule has 0 aromatic rings. The number of aliphatic hydroxyl groups is 1. The summed E-state index contributed by atoms with van der Waals surface area (Å²) in [6.45, 7) is 2.25. The first-order valence-corrected chi connectivity index (χ1v) is 8.99. The fraction of sp³-hybridized carbons (Fsp3) is 0.933. The summed E-state index contributed by atoms with van der Waals surface area (Å²) in [5.41, 5.74) is 0. The number of aliphatic hydroxyl groups excluding tert-OH is 1. The van der Waals surface area contributed by atoms with Crippen LogP contribution in [-0.2, 0) is 10.3 Å². The van der Waals surface area contributed by atoms with Crippen molar-refractivity contribution in [3.05, 3.63) is 0 Å². The van der Waals surface area contributed by atoms with Gasteiger partial charge in [0.1, 0.15) is 4.99 Å². The Kier molecular flexibility index (Phi) is 13.3. The zero-order valence-electron chi connectivity index (χ0n) is 13.0. The van der Waals surface area contributed by atoms with Gasteiger partial charge in [-0.1, -0.05) is 58.3 Å². The predicted octanol–water partition coefficient (Wildman–Crippen LogP) is 2.74. The lowest BCUT2D eigenvalue weighted by Gasteiger charge is -2.15. The van der Waals surface area contributed by atoms with Crippen LogP contribution in [0.15, 0.2) is 0 Å². The van der Waals surface area contributed by atoms with Gasteiger partial charge in [-0.3, -0.25) is 5.32 Å². The van der Waals surface area contributed by atoms with Gasteiger partial charge in [0, 0.05) is 12.5 Å². The minimum atomic E-state index is -2.20. The molecule has 120 valence electrons. The number of unbranched alkanes of at least 4 members (excludes halogenated alkanes) is 7. The van der Waals surface area contributed by atoms with Gasteiger partial charge in [0.2, 0.25) is 10.3 Å². The summed E-state index contributed by atoms with van der Waals surface area (Å²) in [5, 5.41) is 11.8. The summed E-state index contributed by atoms with van der Waals surface area (Å²) in [7, 11) is -0.575. The van der Waals surface area contributed by atoms with Crippen molar-refractivity contribution in [2.24, 2.45) is 5.92 Å². The molecule has 0 saturated carbocycles. The van der Waals surface area contributed by atoms with Gasteiger partial charge < -0.3 is 5.11 Å². The molecule has 0 aromatic carbocycles. The summed E-state index contributed by atoms with van der Waals surface area (Å²) in [6.07, 6.45) is 11.3. The first-order chi connectivity index (χ1) is 9.67. The molecule has 2 N–H and O–H groups in total. The van der Waals surface area contributed by atoms with Crippen molar-refractivity contribution in [3.8, 4) is 0 Å². The molecule has 0 amide bonds. The fourth-order valence-corrected chi connectivity index (χ4v) is 3.19. The first kappa shape index (κ1) is 19.6. The Bertz CT molecular complexity index is 344. The zero-order valence-corrected chi connectivity index (χ0v) is 13.8. The Morgan fingerprint density at radius 1 is 1.00 bits per heavy atom. The van der Waals surface area contributed by atoms with Crippen LogP contribution in [0, 0.1) is 5.92 Å². The van der Waals surface area contributed by atoms with Gasteiger partial charge in [-0.15, -0.1) is 0 Å². The second-order valence-corrected chi connectivity index (χ2v) is 6.23. The number of rotatable bonds is 12. The Morgan fingerprint density at radius 2 is 1.55 bits per heavy atom. The monoisotopic (exact) mass is 305 g/mol. The highest BCUT2D eigenvalue weighted by Gasteiger charge is 2.15. The van der Waals surface area contributed by atoms with Gasteiger partial charge in [-0.25, -0.2) is 0 Å². The molecule has 0 aliphatic carbocycles. The average molecular weight is 305 g/mol. The maximum atomic E-state index is 11.1. The Hall–Kier alpha value is -0.390. The van der Waals surface area contributed by atoms with Crippen LogP contribution in [0.25, 0.3) is 0 Å². The van der Waals surface area contributed by atoms with Gasteiger partial charge >= 0.3 is 0 Å². The Morgan fingerprint density at radius 3 is 2.00 bits per heavy atom. The molecule has 0 aliphatic rings. The molecular weight excluding hydrogens is 274 g/mol. The molecule has 0 spiro atoms. The molecule has 0 heterocycles. The SMILES string of the molecule is CCCCCCCCCCC(CCO)C(NC)=S(=O)=O. The smallest absolute Gasteiger partial charge is 0.228 e. The maximum Gasteiger partial charge on any atom is 0.228 e. The molecule has 5 heteroatoms. The molecular formula is C15H31NO3S. The van der Waals surface area contributed by atoms with Gasteiger partial charge in [0.15, 0.2) is 0 Å². The summed E-state index contributed by atoms with van der Waals surface area (Å²) in [6, 6.07) is 0. The highest BCUT2D eigenvalue weighted by molar-refractivity contribution is 7.72. The predicted molar refractivity (Wildman–Crippen MR) is 85.4 cm³/mol. The molecule has 20 heavy (non-hydrogen) atoms. The van der Waals surface area contributed by atoms with Crippen LogP contribution < -0.4 is 5.32 Å². The third kappa shape index (κ3) is 9.50. The Labute approximate surface area is 125 Å². The van der Waals surface area contributed by atoms with E-state index >= 15 is 0 Å². The molecule has 0 fully saturated rings. The largest absolute Gasteiger partial charge is 0.396 e. The molecule has 1 atom stereocenters. The van der Waals surface area contributed by atoms with Crippen molar-refractivity contribution in [2.45, 2.75) is 71.1 Å². The van der Waals surface area contributed by atoms with Crippen molar-refractivity contribution in [3.63, 3.8) is 0 Å². The van der Waals surface area contributed by atoms with Crippen molar-refractivity contribution in [1.29, 1.82) is 0 Å². The highest BCUT2D eigenvalue weighted by Crippen LogP contribution is 2.16. The van der Waals surface area contributed by atoms with Crippen molar-refractivity contribution >= 4 is 15.3 Å². The lowest BCUT2D eigenvalue weighted by atomic mass is 9.97. The second kappa shape index (κ2) is 13.6. The van der Waals surface area contributed by atoms with Gasteiger partial charge in [-0.05, 0) is 19.9 Å². The fourth-order valence-electron chi connectivity index (χ4n) is 2.51. The summed E-state index contributed by atoms with van der Waals surface area (Å²) >= 11 is 0. The number of nitrogens with one attached hydrogen (secondary N) is 1. The molecule has 1 unspecified atom stereocenters.